The van der Waals surface area contributed by atoms with Crippen molar-refractivity contribution in [1.29, 1.82) is 0 Å². The summed E-state index contributed by atoms with van der Waals surface area (Å²) in [5.74, 6) is 1.02. The first kappa shape index (κ1) is 14.4. The van der Waals surface area contributed by atoms with E-state index < -0.39 is 0 Å². The molecule has 1 saturated heterocycles. The van der Waals surface area contributed by atoms with Crippen molar-refractivity contribution in [2.75, 3.05) is 33.3 Å². The molecule has 3 heteroatoms. The van der Waals surface area contributed by atoms with Gasteiger partial charge >= 0.3 is 0 Å². The Morgan fingerprint density at radius 3 is 2.95 bits per heavy atom. The maximum absolute atomic E-state index is 5.41. The van der Waals surface area contributed by atoms with E-state index >= 15 is 0 Å². The molecule has 1 N–H and O–H groups in total. The lowest BCUT2D eigenvalue weighted by molar-refractivity contribution is 0.292. The molecule has 1 fully saturated rings. The minimum Gasteiger partial charge on any atom is -0.496 e. The molecule has 106 valence electrons. The van der Waals surface area contributed by atoms with Gasteiger partial charge in [0.1, 0.15) is 5.75 Å². The second-order valence-electron chi connectivity index (χ2n) is 5.25. The van der Waals surface area contributed by atoms with Crippen LogP contribution in [0.4, 0.5) is 0 Å². The summed E-state index contributed by atoms with van der Waals surface area (Å²) in [4.78, 5) is 2.56. The highest BCUT2D eigenvalue weighted by atomic mass is 16.5. The van der Waals surface area contributed by atoms with Gasteiger partial charge in [-0.05, 0) is 37.4 Å². The van der Waals surface area contributed by atoms with E-state index in [4.69, 9.17) is 4.74 Å². The summed E-state index contributed by atoms with van der Waals surface area (Å²) in [7, 11) is 1.75. The van der Waals surface area contributed by atoms with Crippen LogP contribution in [0.15, 0.2) is 24.3 Å². The SMILES string of the molecule is CCC1CCN(CCc2ccccc2OC)CCN1. The van der Waals surface area contributed by atoms with Crippen LogP contribution in [0.25, 0.3) is 0 Å². The number of methoxy groups -OCH3 is 1. The molecule has 0 aromatic heterocycles. The molecule has 1 aromatic carbocycles. The van der Waals surface area contributed by atoms with Crippen molar-refractivity contribution < 1.29 is 4.74 Å². The van der Waals surface area contributed by atoms with Crippen LogP contribution in [-0.4, -0.2) is 44.2 Å². The van der Waals surface area contributed by atoms with E-state index in [-0.39, 0.29) is 0 Å². The van der Waals surface area contributed by atoms with Crippen LogP contribution in [0, 0.1) is 0 Å². The average molecular weight is 262 g/mol. The number of nitrogens with one attached hydrogen (secondary N) is 1. The topological polar surface area (TPSA) is 24.5 Å². The monoisotopic (exact) mass is 262 g/mol. The molecule has 0 radical (unpaired) electrons. The Hall–Kier alpha value is -1.06. The highest BCUT2D eigenvalue weighted by Crippen LogP contribution is 2.18. The average Bonchev–Trinajstić information content (AvgIpc) is 2.70. The summed E-state index contributed by atoms with van der Waals surface area (Å²) >= 11 is 0. The molecule has 3 nitrogen and oxygen atoms in total. The molecule has 19 heavy (non-hydrogen) atoms. The van der Waals surface area contributed by atoms with Crippen LogP contribution in [0.5, 0.6) is 5.75 Å². The Bertz CT molecular complexity index is 381. The van der Waals surface area contributed by atoms with Gasteiger partial charge in [-0.25, -0.2) is 0 Å². The lowest BCUT2D eigenvalue weighted by atomic mass is 10.1. The van der Waals surface area contributed by atoms with Crippen LogP contribution in [0.3, 0.4) is 0 Å². The normalized spacial score (nSPS) is 21.1. The summed E-state index contributed by atoms with van der Waals surface area (Å²) in [5.41, 5.74) is 1.31. The predicted molar refractivity (Wildman–Crippen MR) is 79.8 cm³/mol. The number of nitrogens with zero attached hydrogens (tertiary/aromatic N) is 1. The van der Waals surface area contributed by atoms with E-state index in [9.17, 15) is 0 Å². The van der Waals surface area contributed by atoms with Crippen molar-refractivity contribution in [3.8, 4) is 5.75 Å². The molecule has 1 aliphatic heterocycles. The first-order chi connectivity index (χ1) is 9.33. The third-order valence-electron chi connectivity index (χ3n) is 4.04. The molecule has 1 atom stereocenters. The highest BCUT2D eigenvalue weighted by molar-refractivity contribution is 5.33. The smallest absolute Gasteiger partial charge is 0.122 e. The molecule has 0 bridgehead atoms. The first-order valence-corrected chi connectivity index (χ1v) is 7.41. The Morgan fingerprint density at radius 1 is 1.32 bits per heavy atom. The Labute approximate surface area is 116 Å². The number of para-hydroxylation sites is 1. The Kier molecular flexibility index (Phi) is 5.67. The molecule has 0 amide bonds. The third-order valence-corrected chi connectivity index (χ3v) is 4.04. The van der Waals surface area contributed by atoms with Crippen LogP contribution in [0.1, 0.15) is 25.3 Å². The van der Waals surface area contributed by atoms with Gasteiger partial charge in [0.05, 0.1) is 7.11 Å². The molecule has 1 heterocycles. The molecular formula is C16H26N2O. The zero-order chi connectivity index (χ0) is 13.5. The van der Waals surface area contributed by atoms with Crippen molar-refractivity contribution in [3.63, 3.8) is 0 Å². The van der Waals surface area contributed by atoms with Gasteiger partial charge in [0.15, 0.2) is 0 Å². The molecule has 1 aromatic rings. The summed E-state index contributed by atoms with van der Waals surface area (Å²) in [6.45, 7) is 6.87. The predicted octanol–water partition coefficient (Wildman–Crippen LogP) is 2.31. The zero-order valence-electron chi connectivity index (χ0n) is 12.2. The van der Waals surface area contributed by atoms with Gasteiger partial charge in [-0.15, -0.1) is 0 Å². The molecule has 1 aliphatic rings. The van der Waals surface area contributed by atoms with Crippen molar-refractivity contribution in [2.45, 2.75) is 32.2 Å². The second kappa shape index (κ2) is 7.51. The summed E-state index contributed by atoms with van der Waals surface area (Å²) < 4.78 is 5.41. The van der Waals surface area contributed by atoms with Crippen molar-refractivity contribution in [1.82, 2.24) is 10.2 Å². The number of rotatable bonds is 5. The van der Waals surface area contributed by atoms with E-state index in [2.05, 4.69) is 29.3 Å². The lowest BCUT2D eigenvalue weighted by Crippen LogP contribution is -2.31. The maximum atomic E-state index is 5.41. The van der Waals surface area contributed by atoms with E-state index in [1.165, 1.54) is 24.9 Å². The van der Waals surface area contributed by atoms with Gasteiger partial charge in [-0.1, -0.05) is 25.1 Å². The van der Waals surface area contributed by atoms with E-state index in [0.29, 0.717) is 6.04 Å². The standard InChI is InChI=1S/C16H26N2O/c1-3-15-9-12-18(13-10-17-15)11-8-14-6-4-5-7-16(14)19-2/h4-7,15,17H,3,8-13H2,1-2H3. The lowest BCUT2D eigenvalue weighted by Gasteiger charge is -2.20. The van der Waals surface area contributed by atoms with Gasteiger partial charge < -0.3 is 15.0 Å². The molecule has 0 aliphatic carbocycles. The fourth-order valence-corrected chi connectivity index (χ4v) is 2.74. The van der Waals surface area contributed by atoms with Gasteiger partial charge in [-0.2, -0.15) is 0 Å². The van der Waals surface area contributed by atoms with Crippen molar-refractivity contribution in [3.05, 3.63) is 29.8 Å². The number of ether oxygens (including phenoxy) is 1. The first-order valence-electron chi connectivity index (χ1n) is 7.41. The molecule has 0 saturated carbocycles. The van der Waals surface area contributed by atoms with Gasteiger partial charge in [0, 0.05) is 25.7 Å². The van der Waals surface area contributed by atoms with Crippen LogP contribution < -0.4 is 10.1 Å². The number of benzene rings is 1. The fourth-order valence-electron chi connectivity index (χ4n) is 2.74. The van der Waals surface area contributed by atoms with Crippen molar-refractivity contribution in [2.24, 2.45) is 0 Å². The number of hydrogen-bond donors (Lipinski definition) is 1. The Morgan fingerprint density at radius 2 is 2.16 bits per heavy atom. The largest absolute Gasteiger partial charge is 0.496 e. The van der Waals surface area contributed by atoms with Crippen LogP contribution in [0.2, 0.25) is 0 Å². The highest BCUT2D eigenvalue weighted by Gasteiger charge is 2.15. The summed E-state index contributed by atoms with van der Waals surface area (Å²) in [6, 6.07) is 9.05. The molecule has 1 unspecified atom stereocenters. The van der Waals surface area contributed by atoms with E-state index in [1.54, 1.807) is 7.11 Å². The van der Waals surface area contributed by atoms with E-state index in [1.807, 2.05) is 12.1 Å². The molecule has 0 spiro atoms. The maximum Gasteiger partial charge on any atom is 0.122 e. The summed E-state index contributed by atoms with van der Waals surface area (Å²) in [5, 5.41) is 3.62. The quantitative estimate of drug-likeness (QED) is 0.881. The van der Waals surface area contributed by atoms with Gasteiger partial charge in [0.25, 0.3) is 0 Å². The van der Waals surface area contributed by atoms with E-state index in [0.717, 1.165) is 31.8 Å². The Balaban J connectivity index is 1.84. The number of hydrogen-bond acceptors (Lipinski definition) is 3. The molecule has 2 rings (SSSR count). The van der Waals surface area contributed by atoms with Crippen LogP contribution in [-0.2, 0) is 6.42 Å². The minimum absolute atomic E-state index is 0.705. The van der Waals surface area contributed by atoms with Crippen LogP contribution >= 0.6 is 0 Å². The van der Waals surface area contributed by atoms with Gasteiger partial charge in [0.2, 0.25) is 0 Å². The minimum atomic E-state index is 0.705. The third kappa shape index (κ3) is 4.22. The van der Waals surface area contributed by atoms with Crippen molar-refractivity contribution >= 4 is 0 Å². The summed E-state index contributed by atoms with van der Waals surface area (Å²) in [6.07, 6.45) is 3.57. The van der Waals surface area contributed by atoms with Gasteiger partial charge in [-0.3, -0.25) is 0 Å². The zero-order valence-corrected chi connectivity index (χ0v) is 12.2. The fraction of sp³-hybridized carbons (Fsp3) is 0.625. The second-order valence-corrected chi connectivity index (χ2v) is 5.25. The molecular weight excluding hydrogens is 236 g/mol.